The minimum Gasteiger partial charge on any atom is -0.341 e. The topological polar surface area (TPSA) is 32.3 Å². The normalized spacial score (nSPS) is 25.4. The van der Waals surface area contributed by atoms with Crippen LogP contribution in [0.25, 0.3) is 0 Å². The number of halogens is 1. The van der Waals surface area contributed by atoms with Crippen molar-refractivity contribution in [3.8, 4) is 0 Å². The maximum Gasteiger partial charge on any atom is 0.225 e. The first-order valence-corrected chi connectivity index (χ1v) is 9.39. The zero-order chi connectivity index (χ0) is 16.8. The molecule has 4 heterocycles. The van der Waals surface area contributed by atoms with E-state index in [9.17, 15) is 4.39 Å². The Morgan fingerprint density at radius 2 is 2.04 bits per heavy atom. The summed E-state index contributed by atoms with van der Waals surface area (Å²) in [4.78, 5) is 14.4. The molecule has 25 heavy (non-hydrogen) atoms. The molecule has 0 N–H and O–H groups in total. The van der Waals surface area contributed by atoms with E-state index in [1.54, 1.807) is 12.1 Å². The van der Waals surface area contributed by atoms with Crippen molar-refractivity contribution < 1.29 is 4.39 Å². The van der Waals surface area contributed by atoms with E-state index in [0.29, 0.717) is 12.1 Å². The molecular weight excluding hydrogens is 315 g/mol. The average molecular weight is 338 g/mol. The van der Waals surface area contributed by atoms with Crippen LogP contribution in [0.2, 0.25) is 0 Å². The minimum absolute atomic E-state index is 0.152. The molecule has 0 unspecified atom stereocenters. The largest absolute Gasteiger partial charge is 0.341 e. The van der Waals surface area contributed by atoms with E-state index >= 15 is 0 Å². The molecule has 2 saturated heterocycles. The molecule has 5 rings (SSSR count). The molecule has 2 bridgehead atoms. The van der Waals surface area contributed by atoms with Crippen LogP contribution in [-0.2, 0) is 13.0 Å². The molecule has 0 radical (unpaired) electrons. The van der Waals surface area contributed by atoms with Crippen LogP contribution in [0.5, 0.6) is 0 Å². The number of anilines is 1. The number of hydrogen-bond acceptors (Lipinski definition) is 4. The molecule has 0 saturated carbocycles. The lowest BCUT2D eigenvalue weighted by molar-refractivity contribution is 0.166. The first-order valence-electron chi connectivity index (χ1n) is 9.39. The predicted octanol–water partition coefficient (Wildman–Crippen LogP) is 3.48. The van der Waals surface area contributed by atoms with E-state index in [1.165, 1.54) is 36.6 Å². The number of benzene rings is 1. The zero-order valence-electron chi connectivity index (χ0n) is 14.4. The monoisotopic (exact) mass is 338 g/mol. The molecule has 1 aromatic heterocycles. The van der Waals surface area contributed by atoms with Gasteiger partial charge in [-0.15, -0.1) is 0 Å². The molecule has 3 aliphatic rings. The molecule has 2 fully saturated rings. The molecule has 5 heteroatoms. The van der Waals surface area contributed by atoms with E-state index in [4.69, 9.17) is 4.98 Å². The number of rotatable bonds is 3. The molecule has 0 spiro atoms. The van der Waals surface area contributed by atoms with Gasteiger partial charge in [0.1, 0.15) is 5.82 Å². The van der Waals surface area contributed by atoms with Crippen molar-refractivity contribution >= 4 is 5.95 Å². The third-order valence-electron chi connectivity index (χ3n) is 5.96. The Morgan fingerprint density at radius 1 is 1.16 bits per heavy atom. The smallest absolute Gasteiger partial charge is 0.225 e. The van der Waals surface area contributed by atoms with Crippen LogP contribution in [-0.4, -0.2) is 34.0 Å². The first kappa shape index (κ1) is 15.3. The fraction of sp³-hybridized carbons (Fsp3) is 0.500. The standard InChI is InChI=1S/C20H23FN4/c21-15-5-3-4-14(10-15)13-25-16-6-7-19(25)17-12-22-20(23-18(17)11-16)24-8-1-2-9-24/h3-5,10,12,16,19H,1-2,6-9,11,13H2/t16-,19-/m0/s1. The zero-order valence-corrected chi connectivity index (χ0v) is 14.4. The molecule has 3 aliphatic heterocycles. The van der Waals surface area contributed by atoms with Crippen molar-refractivity contribution in [2.24, 2.45) is 0 Å². The summed E-state index contributed by atoms with van der Waals surface area (Å²) >= 11 is 0. The van der Waals surface area contributed by atoms with Gasteiger partial charge in [-0.25, -0.2) is 14.4 Å². The number of fused-ring (bicyclic) bond motifs is 4. The lowest BCUT2D eigenvalue weighted by Crippen LogP contribution is -2.38. The lowest BCUT2D eigenvalue weighted by Gasteiger charge is -2.36. The van der Waals surface area contributed by atoms with E-state index in [1.807, 2.05) is 6.07 Å². The average Bonchev–Trinajstić information content (AvgIpc) is 3.23. The second-order valence-electron chi connectivity index (χ2n) is 7.52. The Labute approximate surface area is 147 Å². The highest BCUT2D eigenvalue weighted by molar-refractivity contribution is 5.38. The molecule has 1 aromatic carbocycles. The van der Waals surface area contributed by atoms with Crippen molar-refractivity contribution in [2.75, 3.05) is 18.0 Å². The van der Waals surface area contributed by atoms with Gasteiger partial charge in [-0.2, -0.15) is 0 Å². The summed E-state index contributed by atoms with van der Waals surface area (Å²) in [5.41, 5.74) is 3.57. The summed E-state index contributed by atoms with van der Waals surface area (Å²) in [7, 11) is 0. The number of nitrogens with zero attached hydrogens (tertiary/aromatic N) is 4. The van der Waals surface area contributed by atoms with Crippen LogP contribution in [0.3, 0.4) is 0 Å². The van der Waals surface area contributed by atoms with Crippen molar-refractivity contribution in [3.63, 3.8) is 0 Å². The van der Waals surface area contributed by atoms with Gasteiger partial charge in [0, 0.05) is 49.9 Å². The second-order valence-corrected chi connectivity index (χ2v) is 7.52. The third-order valence-corrected chi connectivity index (χ3v) is 5.96. The van der Waals surface area contributed by atoms with Gasteiger partial charge in [0.2, 0.25) is 5.95 Å². The predicted molar refractivity (Wildman–Crippen MR) is 94.9 cm³/mol. The van der Waals surface area contributed by atoms with Crippen LogP contribution in [0.1, 0.15) is 48.5 Å². The summed E-state index contributed by atoms with van der Waals surface area (Å²) < 4.78 is 13.5. The van der Waals surface area contributed by atoms with Crippen molar-refractivity contribution in [3.05, 3.63) is 53.1 Å². The van der Waals surface area contributed by atoms with Crippen molar-refractivity contribution in [2.45, 2.75) is 50.7 Å². The summed E-state index contributed by atoms with van der Waals surface area (Å²) in [6, 6.07) is 7.88. The van der Waals surface area contributed by atoms with Crippen LogP contribution < -0.4 is 4.90 Å². The fourth-order valence-corrected chi connectivity index (χ4v) is 4.73. The third kappa shape index (κ3) is 2.71. The van der Waals surface area contributed by atoms with E-state index in [0.717, 1.165) is 44.0 Å². The minimum atomic E-state index is -0.152. The Bertz CT molecular complexity index is 787. The van der Waals surface area contributed by atoms with Gasteiger partial charge in [-0.1, -0.05) is 12.1 Å². The van der Waals surface area contributed by atoms with Crippen LogP contribution >= 0.6 is 0 Å². The highest BCUT2D eigenvalue weighted by Crippen LogP contribution is 2.44. The van der Waals surface area contributed by atoms with Crippen molar-refractivity contribution in [1.29, 1.82) is 0 Å². The lowest BCUT2D eigenvalue weighted by atomic mass is 9.98. The maximum atomic E-state index is 13.5. The second kappa shape index (κ2) is 6.06. The van der Waals surface area contributed by atoms with Crippen molar-refractivity contribution in [1.82, 2.24) is 14.9 Å². The summed E-state index contributed by atoms with van der Waals surface area (Å²) in [5.74, 6) is 0.759. The molecule has 0 aliphatic carbocycles. The van der Waals surface area contributed by atoms with Gasteiger partial charge in [0.15, 0.2) is 0 Å². The maximum absolute atomic E-state index is 13.5. The van der Waals surface area contributed by atoms with E-state index < -0.39 is 0 Å². The highest BCUT2D eigenvalue weighted by Gasteiger charge is 2.41. The molecule has 4 nitrogen and oxygen atoms in total. The first-order chi connectivity index (χ1) is 12.3. The molecule has 0 amide bonds. The number of aromatic nitrogens is 2. The van der Waals surface area contributed by atoms with Gasteiger partial charge in [0.05, 0.1) is 5.69 Å². The Kier molecular flexibility index (Phi) is 3.70. The molecule has 2 atom stereocenters. The Hall–Kier alpha value is -2.01. The van der Waals surface area contributed by atoms with Gasteiger partial charge in [-0.05, 0) is 43.4 Å². The van der Waals surface area contributed by atoms with Crippen LogP contribution in [0.15, 0.2) is 30.5 Å². The van der Waals surface area contributed by atoms with E-state index in [2.05, 4.69) is 21.0 Å². The Balaban J connectivity index is 1.42. The summed E-state index contributed by atoms with van der Waals surface area (Å²) in [6.07, 6.45) is 7.88. The number of hydrogen-bond donors (Lipinski definition) is 0. The van der Waals surface area contributed by atoms with Gasteiger partial charge >= 0.3 is 0 Å². The Morgan fingerprint density at radius 3 is 2.88 bits per heavy atom. The summed E-state index contributed by atoms with van der Waals surface area (Å²) in [6.45, 7) is 2.97. The molecule has 130 valence electrons. The van der Waals surface area contributed by atoms with Crippen LogP contribution in [0.4, 0.5) is 10.3 Å². The summed E-state index contributed by atoms with van der Waals surface area (Å²) in [5, 5.41) is 0. The molecule has 2 aromatic rings. The molecular formula is C20H23FN4. The SMILES string of the molecule is Fc1cccc(CN2[C@H]3CC[C@H]2c2cnc(N4CCCC4)nc2C3)c1. The van der Waals surface area contributed by atoms with Gasteiger partial charge < -0.3 is 4.90 Å². The van der Waals surface area contributed by atoms with Gasteiger partial charge in [-0.3, -0.25) is 4.90 Å². The fourth-order valence-electron chi connectivity index (χ4n) is 4.73. The van der Waals surface area contributed by atoms with E-state index in [-0.39, 0.29) is 5.82 Å². The highest BCUT2D eigenvalue weighted by atomic mass is 19.1. The quantitative estimate of drug-likeness (QED) is 0.858. The van der Waals surface area contributed by atoms with Crippen LogP contribution in [0, 0.1) is 5.82 Å². The van der Waals surface area contributed by atoms with Gasteiger partial charge in [0.25, 0.3) is 0 Å².